The summed E-state index contributed by atoms with van der Waals surface area (Å²) >= 11 is 0. The summed E-state index contributed by atoms with van der Waals surface area (Å²) in [5.41, 5.74) is 6.29. The number of carbonyl (C=O) groups excluding carboxylic acids is 1. The smallest absolute Gasteiger partial charge is 0.269 e. The average Bonchev–Trinajstić information content (AvgIpc) is 2.98. The molecule has 1 aromatic heterocycles. The number of nitrogens with two attached hydrogens (primary N) is 1. The summed E-state index contributed by atoms with van der Waals surface area (Å²) < 4.78 is 5.23. The van der Waals surface area contributed by atoms with Gasteiger partial charge in [0.1, 0.15) is 5.69 Å². The molecule has 1 aliphatic rings. The largest absolute Gasteiger partial charge is 0.378 e. The van der Waals surface area contributed by atoms with Crippen LogP contribution in [0.3, 0.4) is 0 Å². The van der Waals surface area contributed by atoms with Crippen LogP contribution >= 0.6 is 0 Å². The molecule has 0 bridgehead atoms. The maximum absolute atomic E-state index is 11.6. The van der Waals surface area contributed by atoms with Crippen molar-refractivity contribution in [1.82, 2.24) is 20.4 Å². The minimum Gasteiger partial charge on any atom is -0.378 e. The number of aromatic amines is 1. The van der Waals surface area contributed by atoms with Gasteiger partial charge in [0.05, 0.1) is 19.8 Å². The number of H-pyrrole nitrogens is 1. The van der Waals surface area contributed by atoms with Crippen molar-refractivity contribution >= 4 is 11.9 Å². The van der Waals surface area contributed by atoms with E-state index in [0.717, 1.165) is 13.1 Å². The van der Waals surface area contributed by atoms with E-state index in [4.69, 9.17) is 10.5 Å². The minimum absolute atomic E-state index is 0.197. The zero-order chi connectivity index (χ0) is 13.5. The maximum atomic E-state index is 11.6. The molecular weight excluding hydrogens is 248 g/mol. The Balaban J connectivity index is 1.69. The lowest BCUT2D eigenvalue weighted by molar-refractivity contribution is 0.0674. The van der Waals surface area contributed by atoms with Crippen LogP contribution < -0.4 is 11.1 Å². The summed E-state index contributed by atoms with van der Waals surface area (Å²) in [6, 6.07) is 1.61. The SMILES string of the molecule is NC(=NCCNC(=O)c1ccn[nH]1)N1CCOCC1. The van der Waals surface area contributed by atoms with Crippen molar-refractivity contribution in [2.45, 2.75) is 0 Å². The van der Waals surface area contributed by atoms with Gasteiger partial charge in [-0.3, -0.25) is 14.9 Å². The standard InChI is InChI=1S/C11H18N6O2/c12-11(17-5-7-19-8-6-17)14-4-3-13-10(18)9-1-2-15-16-9/h1-2H,3-8H2,(H2,12,14)(H,13,18)(H,15,16). The van der Waals surface area contributed by atoms with E-state index in [1.165, 1.54) is 6.20 Å². The average molecular weight is 266 g/mol. The normalized spacial score (nSPS) is 16.4. The quantitative estimate of drug-likeness (QED) is 0.360. The number of nitrogens with zero attached hydrogens (tertiary/aromatic N) is 3. The van der Waals surface area contributed by atoms with Crippen LogP contribution in [0, 0.1) is 0 Å². The highest BCUT2D eigenvalue weighted by atomic mass is 16.5. The molecule has 8 heteroatoms. The second-order valence-corrected chi connectivity index (χ2v) is 4.07. The van der Waals surface area contributed by atoms with Gasteiger partial charge in [-0.1, -0.05) is 0 Å². The van der Waals surface area contributed by atoms with Gasteiger partial charge in [0.2, 0.25) is 0 Å². The minimum atomic E-state index is -0.197. The number of amides is 1. The highest BCUT2D eigenvalue weighted by molar-refractivity contribution is 5.92. The molecule has 2 rings (SSSR count). The number of hydrogen-bond acceptors (Lipinski definition) is 4. The zero-order valence-electron chi connectivity index (χ0n) is 10.6. The van der Waals surface area contributed by atoms with E-state index >= 15 is 0 Å². The van der Waals surface area contributed by atoms with Gasteiger partial charge in [0.15, 0.2) is 5.96 Å². The molecule has 1 amide bonds. The lowest BCUT2D eigenvalue weighted by atomic mass is 10.4. The number of hydrogen-bond donors (Lipinski definition) is 3. The molecule has 0 aliphatic carbocycles. The molecule has 0 unspecified atom stereocenters. The molecular formula is C11H18N6O2. The lowest BCUT2D eigenvalue weighted by Gasteiger charge is -2.27. The Morgan fingerprint density at radius 1 is 1.58 bits per heavy atom. The van der Waals surface area contributed by atoms with Crippen LogP contribution in [-0.4, -0.2) is 66.4 Å². The fraction of sp³-hybridized carbons (Fsp3) is 0.545. The summed E-state index contributed by atoms with van der Waals surface area (Å²) in [5.74, 6) is 0.303. The number of aliphatic imine (C=N–C) groups is 1. The molecule has 0 spiro atoms. The van der Waals surface area contributed by atoms with Gasteiger partial charge in [-0.05, 0) is 6.07 Å². The van der Waals surface area contributed by atoms with Crippen molar-refractivity contribution < 1.29 is 9.53 Å². The molecule has 0 aromatic carbocycles. The molecule has 1 fully saturated rings. The zero-order valence-corrected chi connectivity index (χ0v) is 10.6. The van der Waals surface area contributed by atoms with E-state index in [0.29, 0.717) is 38.0 Å². The number of aromatic nitrogens is 2. The molecule has 1 aliphatic heterocycles. The van der Waals surface area contributed by atoms with Crippen LogP contribution in [0.25, 0.3) is 0 Å². The van der Waals surface area contributed by atoms with Crippen molar-refractivity contribution in [2.24, 2.45) is 10.7 Å². The lowest BCUT2D eigenvalue weighted by Crippen LogP contribution is -2.45. The van der Waals surface area contributed by atoms with Crippen molar-refractivity contribution in [2.75, 3.05) is 39.4 Å². The van der Waals surface area contributed by atoms with Gasteiger partial charge >= 0.3 is 0 Å². The molecule has 8 nitrogen and oxygen atoms in total. The van der Waals surface area contributed by atoms with Crippen LogP contribution in [0.2, 0.25) is 0 Å². The van der Waals surface area contributed by atoms with E-state index in [2.05, 4.69) is 20.5 Å². The molecule has 104 valence electrons. The van der Waals surface area contributed by atoms with E-state index in [1.807, 2.05) is 4.90 Å². The van der Waals surface area contributed by atoms with Crippen LogP contribution in [-0.2, 0) is 4.74 Å². The molecule has 4 N–H and O–H groups in total. The second kappa shape index (κ2) is 6.74. The highest BCUT2D eigenvalue weighted by Crippen LogP contribution is 1.95. The van der Waals surface area contributed by atoms with Gasteiger partial charge in [-0.25, -0.2) is 0 Å². The first-order chi connectivity index (χ1) is 9.27. The Labute approximate surface area is 111 Å². The molecule has 0 atom stereocenters. The topological polar surface area (TPSA) is 109 Å². The summed E-state index contributed by atoms with van der Waals surface area (Å²) in [6.07, 6.45) is 1.53. The Kier molecular flexibility index (Phi) is 4.73. The predicted molar refractivity (Wildman–Crippen MR) is 69.8 cm³/mol. The fourth-order valence-corrected chi connectivity index (χ4v) is 1.71. The molecule has 19 heavy (non-hydrogen) atoms. The fourth-order valence-electron chi connectivity index (χ4n) is 1.71. The van der Waals surface area contributed by atoms with Gasteiger partial charge in [-0.15, -0.1) is 0 Å². The number of guanidine groups is 1. The molecule has 0 radical (unpaired) electrons. The molecule has 0 saturated carbocycles. The Morgan fingerprint density at radius 2 is 2.37 bits per heavy atom. The number of morpholine rings is 1. The third-order valence-electron chi connectivity index (χ3n) is 2.75. The van der Waals surface area contributed by atoms with E-state index in [9.17, 15) is 4.79 Å². The van der Waals surface area contributed by atoms with Crippen LogP contribution in [0.4, 0.5) is 0 Å². The predicted octanol–water partition coefficient (Wildman–Crippen LogP) is -1.21. The van der Waals surface area contributed by atoms with Crippen LogP contribution in [0.5, 0.6) is 0 Å². The summed E-state index contributed by atoms with van der Waals surface area (Å²) in [7, 11) is 0. The Morgan fingerprint density at radius 3 is 3.05 bits per heavy atom. The molecule has 1 saturated heterocycles. The van der Waals surface area contributed by atoms with E-state index in [-0.39, 0.29) is 5.91 Å². The van der Waals surface area contributed by atoms with Crippen molar-refractivity contribution in [1.29, 1.82) is 0 Å². The Hall–Kier alpha value is -2.09. The molecule has 2 heterocycles. The number of ether oxygens (including phenoxy) is 1. The van der Waals surface area contributed by atoms with Gasteiger partial charge in [0, 0.05) is 25.8 Å². The van der Waals surface area contributed by atoms with Crippen molar-refractivity contribution in [3.05, 3.63) is 18.0 Å². The first-order valence-corrected chi connectivity index (χ1v) is 6.17. The number of nitrogens with one attached hydrogen (secondary N) is 2. The van der Waals surface area contributed by atoms with E-state index in [1.54, 1.807) is 6.07 Å². The highest BCUT2D eigenvalue weighted by Gasteiger charge is 2.11. The third-order valence-corrected chi connectivity index (χ3v) is 2.75. The van der Waals surface area contributed by atoms with E-state index < -0.39 is 0 Å². The molecule has 1 aromatic rings. The first kappa shape index (κ1) is 13.3. The summed E-state index contributed by atoms with van der Waals surface area (Å²) in [6.45, 7) is 3.75. The van der Waals surface area contributed by atoms with Crippen molar-refractivity contribution in [3.63, 3.8) is 0 Å². The summed E-state index contributed by atoms with van der Waals surface area (Å²) in [4.78, 5) is 17.8. The third kappa shape index (κ3) is 3.95. The second-order valence-electron chi connectivity index (χ2n) is 4.07. The Bertz CT molecular complexity index is 424. The number of carbonyl (C=O) groups is 1. The summed E-state index contributed by atoms with van der Waals surface area (Å²) in [5, 5.41) is 9.03. The van der Waals surface area contributed by atoms with Crippen LogP contribution in [0.15, 0.2) is 17.3 Å². The maximum Gasteiger partial charge on any atom is 0.269 e. The number of rotatable bonds is 4. The van der Waals surface area contributed by atoms with Gasteiger partial charge < -0.3 is 20.7 Å². The first-order valence-electron chi connectivity index (χ1n) is 6.17. The monoisotopic (exact) mass is 266 g/mol. The van der Waals surface area contributed by atoms with Crippen LogP contribution in [0.1, 0.15) is 10.5 Å². The van der Waals surface area contributed by atoms with Crippen molar-refractivity contribution in [3.8, 4) is 0 Å². The van der Waals surface area contributed by atoms with Gasteiger partial charge in [0.25, 0.3) is 5.91 Å². The van der Waals surface area contributed by atoms with Gasteiger partial charge in [-0.2, -0.15) is 5.10 Å².